The van der Waals surface area contributed by atoms with Gasteiger partial charge in [0.1, 0.15) is 5.69 Å². The lowest BCUT2D eigenvalue weighted by molar-refractivity contribution is 0.103. The monoisotopic (exact) mass is 230 g/mol. The Morgan fingerprint density at radius 1 is 1.41 bits per heavy atom. The van der Waals surface area contributed by atoms with E-state index in [1.54, 1.807) is 29.4 Å². The van der Waals surface area contributed by atoms with Gasteiger partial charge in [0.2, 0.25) is 5.78 Å². The maximum Gasteiger partial charge on any atom is 0.214 e. The van der Waals surface area contributed by atoms with Crippen LogP contribution in [0.4, 0.5) is 0 Å². The van der Waals surface area contributed by atoms with Gasteiger partial charge in [-0.1, -0.05) is 0 Å². The van der Waals surface area contributed by atoms with E-state index in [1.807, 2.05) is 13.0 Å². The summed E-state index contributed by atoms with van der Waals surface area (Å²) in [5.74, 6) is -0.117. The molecule has 0 saturated heterocycles. The summed E-state index contributed by atoms with van der Waals surface area (Å²) in [7, 11) is 0. The maximum atomic E-state index is 12.0. The molecule has 0 fully saturated rings. The van der Waals surface area contributed by atoms with E-state index >= 15 is 0 Å². The summed E-state index contributed by atoms with van der Waals surface area (Å²) in [5, 5.41) is 0. The van der Waals surface area contributed by atoms with E-state index in [0.717, 1.165) is 5.69 Å². The maximum absolute atomic E-state index is 12.0. The average Bonchev–Trinajstić information content (AvgIpc) is 2.78. The van der Waals surface area contributed by atoms with Gasteiger partial charge in [0.15, 0.2) is 0 Å². The number of ketones is 1. The van der Waals surface area contributed by atoms with Crippen molar-refractivity contribution in [1.29, 1.82) is 0 Å². The van der Waals surface area contributed by atoms with E-state index in [9.17, 15) is 4.79 Å². The largest absolute Gasteiger partial charge is 0.335 e. The average molecular weight is 230 g/mol. The highest BCUT2D eigenvalue weighted by Gasteiger charge is 2.12. The molecule has 2 rings (SSSR count). The molecule has 17 heavy (non-hydrogen) atoms. The van der Waals surface area contributed by atoms with Crippen molar-refractivity contribution in [3.8, 4) is 0 Å². The van der Waals surface area contributed by atoms with Crippen LogP contribution in [-0.2, 0) is 6.54 Å². The van der Waals surface area contributed by atoms with E-state index in [0.29, 0.717) is 24.3 Å². The Kier molecular flexibility index (Phi) is 3.30. The van der Waals surface area contributed by atoms with Crippen LogP contribution < -0.4 is 5.73 Å². The highest BCUT2D eigenvalue weighted by molar-refractivity contribution is 6.07. The fourth-order valence-electron chi connectivity index (χ4n) is 1.50. The lowest BCUT2D eigenvalue weighted by atomic mass is 10.1. The lowest BCUT2D eigenvalue weighted by Gasteiger charge is -1.98. The number of nitrogens with zero attached hydrogens (tertiary/aromatic N) is 3. The molecule has 0 aliphatic heterocycles. The van der Waals surface area contributed by atoms with Crippen LogP contribution in [0.25, 0.3) is 0 Å². The molecule has 0 spiro atoms. The van der Waals surface area contributed by atoms with Crippen molar-refractivity contribution in [1.82, 2.24) is 14.5 Å². The van der Waals surface area contributed by atoms with Crippen molar-refractivity contribution < 1.29 is 4.79 Å². The summed E-state index contributed by atoms with van der Waals surface area (Å²) in [6.45, 7) is 3.06. The predicted molar refractivity (Wildman–Crippen MR) is 63.7 cm³/mol. The highest BCUT2D eigenvalue weighted by atomic mass is 16.1. The molecule has 0 aromatic carbocycles. The van der Waals surface area contributed by atoms with Gasteiger partial charge in [-0.2, -0.15) is 0 Å². The summed E-state index contributed by atoms with van der Waals surface area (Å²) in [6.07, 6.45) is 4.89. The molecule has 0 radical (unpaired) electrons. The Hall–Kier alpha value is -2.01. The van der Waals surface area contributed by atoms with E-state index in [1.165, 1.54) is 0 Å². The molecule has 0 amide bonds. The standard InChI is InChI=1S/C12H14N4O/c1-9-2-3-10(6-14-9)12(17)11-7-16(5-4-13)8-15-11/h2-3,6-8H,4-5,13H2,1H3. The van der Waals surface area contributed by atoms with Crippen molar-refractivity contribution in [2.75, 3.05) is 6.54 Å². The van der Waals surface area contributed by atoms with Gasteiger partial charge in [0.05, 0.1) is 6.33 Å². The first-order valence-electron chi connectivity index (χ1n) is 5.40. The highest BCUT2D eigenvalue weighted by Crippen LogP contribution is 2.07. The predicted octanol–water partition coefficient (Wildman–Crippen LogP) is 0.776. The molecular formula is C12H14N4O. The summed E-state index contributed by atoms with van der Waals surface area (Å²) < 4.78 is 1.80. The van der Waals surface area contributed by atoms with Gasteiger partial charge < -0.3 is 10.3 Å². The molecule has 88 valence electrons. The molecule has 5 heteroatoms. The van der Waals surface area contributed by atoms with Gasteiger partial charge in [-0.25, -0.2) is 4.98 Å². The van der Waals surface area contributed by atoms with Gasteiger partial charge in [-0.05, 0) is 19.1 Å². The van der Waals surface area contributed by atoms with Gasteiger partial charge in [-0.3, -0.25) is 9.78 Å². The smallest absolute Gasteiger partial charge is 0.214 e. The first kappa shape index (κ1) is 11.5. The third-order valence-corrected chi connectivity index (χ3v) is 2.43. The minimum atomic E-state index is -0.117. The summed E-state index contributed by atoms with van der Waals surface area (Å²) in [4.78, 5) is 20.2. The molecule has 0 bridgehead atoms. The summed E-state index contributed by atoms with van der Waals surface area (Å²) in [6, 6.07) is 3.57. The molecular weight excluding hydrogens is 216 g/mol. The molecule has 0 unspecified atom stereocenters. The Morgan fingerprint density at radius 2 is 2.24 bits per heavy atom. The van der Waals surface area contributed by atoms with Gasteiger partial charge in [-0.15, -0.1) is 0 Å². The number of rotatable bonds is 4. The molecule has 0 saturated carbocycles. The Bertz CT molecular complexity index is 516. The topological polar surface area (TPSA) is 73.8 Å². The number of aryl methyl sites for hydroxylation is 1. The Balaban J connectivity index is 2.21. The number of imidazole rings is 1. The summed E-state index contributed by atoms with van der Waals surface area (Å²) >= 11 is 0. The number of aromatic nitrogens is 3. The fraction of sp³-hybridized carbons (Fsp3) is 0.250. The van der Waals surface area contributed by atoms with Crippen LogP contribution in [0.1, 0.15) is 21.7 Å². The number of carbonyl (C=O) groups is 1. The third kappa shape index (κ3) is 2.57. The minimum absolute atomic E-state index is 0.117. The van der Waals surface area contributed by atoms with E-state index < -0.39 is 0 Å². The van der Waals surface area contributed by atoms with Gasteiger partial charge in [0.25, 0.3) is 0 Å². The molecule has 2 heterocycles. The number of carbonyl (C=O) groups excluding carboxylic acids is 1. The molecule has 0 aliphatic rings. The van der Waals surface area contributed by atoms with E-state index in [2.05, 4.69) is 9.97 Å². The van der Waals surface area contributed by atoms with E-state index in [-0.39, 0.29) is 5.78 Å². The lowest BCUT2D eigenvalue weighted by Crippen LogP contribution is -2.08. The Morgan fingerprint density at radius 3 is 2.88 bits per heavy atom. The summed E-state index contributed by atoms with van der Waals surface area (Å²) in [5.41, 5.74) is 7.28. The molecule has 2 N–H and O–H groups in total. The van der Waals surface area contributed by atoms with Crippen molar-refractivity contribution in [2.45, 2.75) is 13.5 Å². The normalized spacial score (nSPS) is 10.5. The van der Waals surface area contributed by atoms with Gasteiger partial charge in [0, 0.05) is 36.7 Å². The zero-order valence-corrected chi connectivity index (χ0v) is 9.63. The van der Waals surface area contributed by atoms with Crippen molar-refractivity contribution in [2.24, 2.45) is 5.73 Å². The molecule has 0 aliphatic carbocycles. The zero-order chi connectivity index (χ0) is 12.3. The SMILES string of the molecule is Cc1ccc(C(=O)c2cn(CCN)cn2)cn1. The van der Waals surface area contributed by atoms with Crippen LogP contribution in [0.5, 0.6) is 0 Å². The molecule has 0 atom stereocenters. The number of nitrogens with two attached hydrogens (primary N) is 1. The quantitative estimate of drug-likeness (QED) is 0.787. The van der Waals surface area contributed by atoms with Crippen LogP contribution in [0, 0.1) is 6.92 Å². The second kappa shape index (κ2) is 4.88. The van der Waals surface area contributed by atoms with E-state index in [4.69, 9.17) is 5.73 Å². The molecule has 2 aromatic heterocycles. The molecule has 5 nitrogen and oxygen atoms in total. The number of hydrogen-bond donors (Lipinski definition) is 1. The van der Waals surface area contributed by atoms with Crippen molar-refractivity contribution in [3.05, 3.63) is 47.8 Å². The van der Waals surface area contributed by atoms with Crippen LogP contribution in [0.3, 0.4) is 0 Å². The second-order valence-electron chi connectivity index (χ2n) is 3.80. The van der Waals surface area contributed by atoms with Gasteiger partial charge >= 0.3 is 0 Å². The second-order valence-corrected chi connectivity index (χ2v) is 3.80. The number of pyridine rings is 1. The van der Waals surface area contributed by atoms with Crippen molar-refractivity contribution in [3.63, 3.8) is 0 Å². The Labute approximate surface area is 99.3 Å². The van der Waals surface area contributed by atoms with Crippen LogP contribution in [0.15, 0.2) is 30.9 Å². The van der Waals surface area contributed by atoms with Crippen LogP contribution in [-0.4, -0.2) is 26.9 Å². The van der Waals surface area contributed by atoms with Crippen LogP contribution in [0.2, 0.25) is 0 Å². The van der Waals surface area contributed by atoms with Crippen LogP contribution >= 0.6 is 0 Å². The first-order chi connectivity index (χ1) is 8.20. The van der Waals surface area contributed by atoms with Crippen molar-refractivity contribution >= 4 is 5.78 Å². The third-order valence-electron chi connectivity index (χ3n) is 2.43. The minimum Gasteiger partial charge on any atom is -0.335 e. The fourth-order valence-corrected chi connectivity index (χ4v) is 1.50. The number of hydrogen-bond acceptors (Lipinski definition) is 4. The first-order valence-corrected chi connectivity index (χ1v) is 5.40. The zero-order valence-electron chi connectivity index (χ0n) is 9.63. The molecule has 2 aromatic rings.